The molecule has 1 aliphatic carbocycles. The molecule has 3 heteroatoms. The van der Waals surface area contributed by atoms with E-state index in [0.717, 1.165) is 5.56 Å². The number of halogens is 2. The summed E-state index contributed by atoms with van der Waals surface area (Å²) in [5, 5.41) is 3.75. The van der Waals surface area contributed by atoms with Gasteiger partial charge in [0, 0.05) is 12.1 Å². The third-order valence-corrected chi connectivity index (χ3v) is 5.09. The number of hydrogen-bond acceptors (Lipinski definition) is 1. The molecule has 1 aliphatic rings. The quantitative estimate of drug-likeness (QED) is 0.717. The first-order chi connectivity index (χ1) is 9.58. The van der Waals surface area contributed by atoms with Crippen molar-refractivity contribution in [1.29, 1.82) is 0 Å². The van der Waals surface area contributed by atoms with Crippen molar-refractivity contribution in [2.45, 2.75) is 66.0 Å². The molecule has 118 valence electrons. The highest BCUT2D eigenvalue weighted by molar-refractivity contribution is 9.10. The van der Waals surface area contributed by atoms with Crippen LogP contribution in [0, 0.1) is 16.6 Å². The molecule has 1 fully saturated rings. The molecule has 0 amide bonds. The van der Waals surface area contributed by atoms with Crippen LogP contribution in [0.1, 0.15) is 65.5 Å². The lowest BCUT2D eigenvalue weighted by Gasteiger charge is -2.46. The Labute approximate surface area is 136 Å². The molecule has 1 saturated carbocycles. The van der Waals surface area contributed by atoms with Crippen molar-refractivity contribution >= 4 is 15.9 Å². The van der Waals surface area contributed by atoms with E-state index in [1.54, 1.807) is 0 Å². The molecule has 0 aromatic heterocycles. The van der Waals surface area contributed by atoms with Gasteiger partial charge in [-0.15, -0.1) is 0 Å². The van der Waals surface area contributed by atoms with Gasteiger partial charge in [0.1, 0.15) is 5.82 Å². The molecular formula is C18H27BrFN. The summed E-state index contributed by atoms with van der Waals surface area (Å²) in [6, 6.07) is 6.04. The van der Waals surface area contributed by atoms with Crippen LogP contribution in [-0.4, -0.2) is 6.04 Å². The Bertz CT molecular complexity index is 494. The smallest absolute Gasteiger partial charge is 0.137 e. The van der Waals surface area contributed by atoms with Crippen LogP contribution >= 0.6 is 15.9 Å². The van der Waals surface area contributed by atoms with Gasteiger partial charge in [-0.3, -0.25) is 0 Å². The molecule has 0 saturated heterocycles. The van der Waals surface area contributed by atoms with E-state index in [0.29, 0.717) is 21.3 Å². The second kappa shape index (κ2) is 6.00. The second-order valence-corrected chi connectivity index (χ2v) is 9.03. The van der Waals surface area contributed by atoms with Crippen molar-refractivity contribution in [3.63, 3.8) is 0 Å². The van der Waals surface area contributed by atoms with Crippen molar-refractivity contribution in [1.82, 2.24) is 5.32 Å². The molecule has 0 aliphatic heterocycles. The molecule has 1 atom stereocenters. The minimum absolute atomic E-state index is 0.203. The number of rotatable bonds is 3. The second-order valence-electron chi connectivity index (χ2n) is 8.17. The van der Waals surface area contributed by atoms with Gasteiger partial charge in [0.15, 0.2) is 0 Å². The maximum atomic E-state index is 13.4. The third-order valence-electron chi connectivity index (χ3n) is 4.48. The standard InChI is InChI=1S/C18H27BrFN/c1-12(13-6-7-16(20)15(19)8-13)21-14-9-17(2,3)11-18(4,5)10-14/h6-8,12,14,21H,9-11H2,1-5H3. The normalized spacial score (nSPS) is 23.0. The van der Waals surface area contributed by atoms with Crippen molar-refractivity contribution in [2.24, 2.45) is 10.8 Å². The fourth-order valence-corrected chi connectivity index (χ4v) is 4.59. The number of hydrogen-bond donors (Lipinski definition) is 1. The molecule has 21 heavy (non-hydrogen) atoms. The topological polar surface area (TPSA) is 12.0 Å². The Morgan fingerprint density at radius 3 is 2.29 bits per heavy atom. The molecule has 0 radical (unpaired) electrons. The van der Waals surface area contributed by atoms with Gasteiger partial charge in [0.25, 0.3) is 0 Å². The lowest BCUT2D eigenvalue weighted by molar-refractivity contribution is 0.0811. The SMILES string of the molecule is CC(NC1CC(C)(C)CC(C)(C)C1)c1ccc(F)c(Br)c1. The minimum atomic E-state index is -0.203. The van der Waals surface area contributed by atoms with Crippen molar-refractivity contribution in [3.05, 3.63) is 34.1 Å². The summed E-state index contributed by atoms with van der Waals surface area (Å²) < 4.78 is 13.9. The van der Waals surface area contributed by atoms with Crippen LogP contribution in [0.2, 0.25) is 0 Å². The van der Waals surface area contributed by atoms with E-state index in [1.807, 2.05) is 12.1 Å². The van der Waals surface area contributed by atoms with Gasteiger partial charge in [0.2, 0.25) is 0 Å². The highest BCUT2D eigenvalue weighted by Gasteiger charge is 2.38. The first kappa shape index (κ1) is 17.0. The Balaban J connectivity index is 2.08. The van der Waals surface area contributed by atoms with Crippen molar-refractivity contribution in [2.75, 3.05) is 0 Å². The van der Waals surface area contributed by atoms with Crippen LogP contribution in [0.25, 0.3) is 0 Å². The van der Waals surface area contributed by atoms with Gasteiger partial charge >= 0.3 is 0 Å². The zero-order chi connectivity index (χ0) is 15.8. The zero-order valence-electron chi connectivity index (χ0n) is 13.8. The van der Waals surface area contributed by atoms with Gasteiger partial charge in [-0.05, 0) is 70.6 Å². The van der Waals surface area contributed by atoms with E-state index in [9.17, 15) is 4.39 Å². The predicted octanol–water partition coefficient (Wildman–Crippen LogP) is 5.84. The van der Waals surface area contributed by atoms with Crippen LogP contribution < -0.4 is 5.32 Å². The van der Waals surface area contributed by atoms with Crippen molar-refractivity contribution < 1.29 is 4.39 Å². The van der Waals surface area contributed by atoms with Gasteiger partial charge in [-0.25, -0.2) is 4.39 Å². The Hall–Kier alpha value is -0.410. The summed E-state index contributed by atoms with van der Waals surface area (Å²) >= 11 is 3.27. The number of nitrogens with one attached hydrogen (secondary N) is 1. The Morgan fingerprint density at radius 2 is 1.76 bits per heavy atom. The van der Waals surface area contributed by atoms with Gasteiger partial charge in [-0.1, -0.05) is 33.8 Å². The maximum absolute atomic E-state index is 13.4. The monoisotopic (exact) mass is 355 g/mol. The van der Waals surface area contributed by atoms with Crippen LogP contribution in [0.5, 0.6) is 0 Å². The summed E-state index contributed by atoms with van der Waals surface area (Å²) in [6.07, 6.45) is 3.67. The molecular weight excluding hydrogens is 329 g/mol. The van der Waals surface area contributed by atoms with Crippen LogP contribution in [0.4, 0.5) is 4.39 Å². The summed E-state index contributed by atoms with van der Waals surface area (Å²) in [4.78, 5) is 0. The van der Waals surface area contributed by atoms with E-state index in [-0.39, 0.29) is 11.9 Å². The van der Waals surface area contributed by atoms with Gasteiger partial charge < -0.3 is 5.32 Å². The summed E-state index contributed by atoms with van der Waals surface area (Å²) in [7, 11) is 0. The first-order valence-corrected chi connectivity index (χ1v) is 8.58. The molecule has 0 heterocycles. The lowest BCUT2D eigenvalue weighted by atomic mass is 9.63. The molecule has 0 bridgehead atoms. The van der Waals surface area contributed by atoms with Crippen molar-refractivity contribution in [3.8, 4) is 0 Å². The van der Waals surface area contributed by atoms with Crippen LogP contribution in [0.3, 0.4) is 0 Å². The molecule has 2 rings (SSSR count). The molecule has 1 nitrogen and oxygen atoms in total. The first-order valence-electron chi connectivity index (χ1n) is 7.79. The highest BCUT2D eigenvalue weighted by atomic mass is 79.9. The van der Waals surface area contributed by atoms with E-state index in [1.165, 1.54) is 25.3 Å². The zero-order valence-corrected chi connectivity index (χ0v) is 15.3. The Kier molecular flexibility index (Phi) is 4.84. The average Bonchev–Trinajstić information content (AvgIpc) is 2.28. The summed E-state index contributed by atoms with van der Waals surface area (Å²) in [5.74, 6) is -0.203. The molecule has 1 N–H and O–H groups in total. The summed E-state index contributed by atoms with van der Waals surface area (Å²) in [6.45, 7) is 11.6. The lowest BCUT2D eigenvalue weighted by Crippen LogP contribution is -2.44. The van der Waals surface area contributed by atoms with E-state index in [4.69, 9.17) is 0 Å². The molecule has 1 aromatic rings. The highest BCUT2D eigenvalue weighted by Crippen LogP contribution is 2.46. The van der Waals surface area contributed by atoms with Crippen LogP contribution in [-0.2, 0) is 0 Å². The molecule has 1 unspecified atom stereocenters. The number of benzene rings is 1. The van der Waals surface area contributed by atoms with E-state index in [2.05, 4.69) is 55.9 Å². The fourth-order valence-electron chi connectivity index (χ4n) is 4.20. The molecule has 0 spiro atoms. The van der Waals surface area contributed by atoms with E-state index >= 15 is 0 Å². The molecule has 1 aromatic carbocycles. The Morgan fingerprint density at radius 1 is 1.19 bits per heavy atom. The summed E-state index contributed by atoms with van der Waals surface area (Å²) in [5.41, 5.74) is 1.88. The van der Waals surface area contributed by atoms with Gasteiger partial charge in [0.05, 0.1) is 4.47 Å². The largest absolute Gasteiger partial charge is 0.307 e. The third kappa shape index (κ3) is 4.53. The predicted molar refractivity (Wildman–Crippen MR) is 90.9 cm³/mol. The minimum Gasteiger partial charge on any atom is -0.307 e. The average molecular weight is 356 g/mol. The fraction of sp³-hybridized carbons (Fsp3) is 0.667. The van der Waals surface area contributed by atoms with Crippen LogP contribution in [0.15, 0.2) is 22.7 Å². The van der Waals surface area contributed by atoms with Gasteiger partial charge in [-0.2, -0.15) is 0 Å². The van der Waals surface area contributed by atoms with E-state index < -0.39 is 0 Å². The maximum Gasteiger partial charge on any atom is 0.137 e.